The quantitative estimate of drug-likeness (QED) is 0.546. The van der Waals surface area contributed by atoms with E-state index in [-0.39, 0.29) is 6.10 Å². The summed E-state index contributed by atoms with van der Waals surface area (Å²) in [6.07, 6.45) is -0.232. The normalized spacial score (nSPS) is 13.1. The minimum Gasteiger partial charge on any atom is -0.423 e. The zero-order valence-electron chi connectivity index (χ0n) is 13.5. The van der Waals surface area contributed by atoms with Crippen molar-refractivity contribution in [2.45, 2.75) is 32.5 Å². The molecule has 0 spiro atoms. The Kier molecular flexibility index (Phi) is 6.63. The monoisotopic (exact) mass is 314 g/mol. The van der Waals surface area contributed by atoms with Crippen LogP contribution >= 0.6 is 0 Å². The molecule has 0 aliphatic heterocycles. The lowest BCUT2D eigenvalue weighted by molar-refractivity contribution is -0.0245. The van der Waals surface area contributed by atoms with E-state index in [4.69, 9.17) is 14.2 Å². The largest absolute Gasteiger partial charge is 0.514 e. The van der Waals surface area contributed by atoms with Gasteiger partial charge >= 0.3 is 6.16 Å². The van der Waals surface area contributed by atoms with Crippen molar-refractivity contribution in [2.75, 3.05) is 6.61 Å². The maximum atomic E-state index is 12.0. The van der Waals surface area contributed by atoms with Crippen molar-refractivity contribution >= 4 is 6.16 Å². The molecule has 0 heterocycles. The molecular formula is C19H22O4. The van der Waals surface area contributed by atoms with Gasteiger partial charge in [0.15, 0.2) is 6.10 Å². The third kappa shape index (κ3) is 5.75. The van der Waals surface area contributed by atoms with E-state index in [0.29, 0.717) is 12.4 Å². The molecule has 0 bridgehead atoms. The molecule has 0 aliphatic rings. The number of benzene rings is 2. The fraction of sp³-hybridized carbons (Fsp3) is 0.316. The summed E-state index contributed by atoms with van der Waals surface area (Å²) in [5.74, 6) is 0.451. The van der Waals surface area contributed by atoms with E-state index in [1.165, 1.54) is 0 Å². The molecule has 0 N–H and O–H groups in total. The zero-order chi connectivity index (χ0) is 16.5. The standard InChI is InChI=1S/C19H22O4/c1-3-15(2)21-14-18(16-10-6-4-7-11-16)23-19(20)22-17-12-8-5-9-13-17/h4-13,15,18H,3,14H2,1-2H3. The third-order valence-electron chi connectivity index (χ3n) is 3.46. The van der Waals surface area contributed by atoms with E-state index in [9.17, 15) is 4.79 Å². The second-order valence-corrected chi connectivity index (χ2v) is 5.23. The Labute approximate surface area is 137 Å². The van der Waals surface area contributed by atoms with E-state index in [2.05, 4.69) is 0 Å². The number of para-hydroxylation sites is 1. The van der Waals surface area contributed by atoms with Crippen molar-refractivity contribution in [3.05, 3.63) is 66.2 Å². The SMILES string of the molecule is CCC(C)OCC(OC(=O)Oc1ccccc1)c1ccccc1. The van der Waals surface area contributed by atoms with Gasteiger partial charge < -0.3 is 14.2 Å². The van der Waals surface area contributed by atoms with E-state index in [1.54, 1.807) is 24.3 Å². The summed E-state index contributed by atoms with van der Waals surface area (Å²) in [5, 5.41) is 0. The van der Waals surface area contributed by atoms with Crippen LogP contribution in [-0.2, 0) is 9.47 Å². The maximum absolute atomic E-state index is 12.0. The minimum atomic E-state index is -0.738. The second kappa shape index (κ2) is 8.96. The molecule has 122 valence electrons. The van der Waals surface area contributed by atoms with Gasteiger partial charge in [0.1, 0.15) is 5.75 Å². The Morgan fingerprint density at radius 2 is 1.61 bits per heavy atom. The summed E-state index contributed by atoms with van der Waals surface area (Å²) in [6.45, 7) is 4.33. The summed E-state index contributed by atoms with van der Waals surface area (Å²) in [5.41, 5.74) is 0.876. The van der Waals surface area contributed by atoms with Crippen LogP contribution in [0.25, 0.3) is 0 Å². The Balaban J connectivity index is 2.00. The van der Waals surface area contributed by atoms with Crippen LogP contribution in [0.5, 0.6) is 5.75 Å². The average molecular weight is 314 g/mol. The molecule has 2 aromatic rings. The molecule has 0 saturated carbocycles. The van der Waals surface area contributed by atoms with Crippen LogP contribution in [0.2, 0.25) is 0 Å². The van der Waals surface area contributed by atoms with Crippen LogP contribution < -0.4 is 4.74 Å². The highest BCUT2D eigenvalue weighted by atomic mass is 16.7. The van der Waals surface area contributed by atoms with Crippen LogP contribution in [0.3, 0.4) is 0 Å². The minimum absolute atomic E-state index is 0.106. The highest BCUT2D eigenvalue weighted by Gasteiger charge is 2.19. The predicted molar refractivity (Wildman–Crippen MR) is 88.4 cm³/mol. The van der Waals surface area contributed by atoms with Gasteiger partial charge in [-0.25, -0.2) is 4.79 Å². The summed E-state index contributed by atoms with van der Waals surface area (Å²) in [4.78, 5) is 12.0. The first-order valence-corrected chi connectivity index (χ1v) is 7.79. The summed E-state index contributed by atoms with van der Waals surface area (Å²) < 4.78 is 16.4. The van der Waals surface area contributed by atoms with Crippen LogP contribution in [0.15, 0.2) is 60.7 Å². The van der Waals surface area contributed by atoms with Crippen molar-refractivity contribution in [2.24, 2.45) is 0 Å². The lowest BCUT2D eigenvalue weighted by atomic mass is 10.1. The van der Waals surface area contributed by atoms with Crippen molar-refractivity contribution in [1.29, 1.82) is 0 Å². The molecule has 2 aromatic carbocycles. The Hall–Kier alpha value is -2.33. The summed E-state index contributed by atoms with van der Waals surface area (Å²) in [6, 6.07) is 18.4. The van der Waals surface area contributed by atoms with E-state index >= 15 is 0 Å². The first kappa shape index (κ1) is 17.0. The molecule has 0 aliphatic carbocycles. The van der Waals surface area contributed by atoms with Crippen molar-refractivity contribution in [3.63, 3.8) is 0 Å². The molecule has 0 fully saturated rings. The molecular weight excluding hydrogens is 292 g/mol. The molecule has 0 saturated heterocycles. The van der Waals surface area contributed by atoms with Gasteiger partial charge in [0, 0.05) is 0 Å². The smallest absolute Gasteiger partial charge is 0.423 e. The highest BCUT2D eigenvalue weighted by Crippen LogP contribution is 2.20. The van der Waals surface area contributed by atoms with Gasteiger partial charge in [-0.05, 0) is 31.0 Å². The lowest BCUT2D eigenvalue weighted by Gasteiger charge is -2.20. The molecule has 4 heteroatoms. The van der Waals surface area contributed by atoms with Gasteiger partial charge in [0.25, 0.3) is 0 Å². The van der Waals surface area contributed by atoms with Crippen LogP contribution in [-0.4, -0.2) is 18.9 Å². The van der Waals surface area contributed by atoms with Crippen molar-refractivity contribution in [3.8, 4) is 5.75 Å². The molecule has 23 heavy (non-hydrogen) atoms. The topological polar surface area (TPSA) is 44.8 Å². The van der Waals surface area contributed by atoms with Crippen LogP contribution in [0.1, 0.15) is 31.9 Å². The van der Waals surface area contributed by atoms with Gasteiger partial charge in [-0.15, -0.1) is 0 Å². The van der Waals surface area contributed by atoms with Gasteiger partial charge in [-0.3, -0.25) is 0 Å². The number of hydrogen-bond donors (Lipinski definition) is 0. The molecule has 0 aromatic heterocycles. The summed E-state index contributed by atoms with van der Waals surface area (Å²) >= 11 is 0. The molecule has 2 rings (SSSR count). The second-order valence-electron chi connectivity index (χ2n) is 5.23. The first-order chi connectivity index (χ1) is 11.2. The zero-order valence-corrected chi connectivity index (χ0v) is 13.5. The maximum Gasteiger partial charge on any atom is 0.514 e. The van der Waals surface area contributed by atoms with E-state index < -0.39 is 12.3 Å². The van der Waals surface area contributed by atoms with Gasteiger partial charge in [-0.1, -0.05) is 55.5 Å². The summed E-state index contributed by atoms with van der Waals surface area (Å²) in [7, 11) is 0. The number of hydrogen-bond acceptors (Lipinski definition) is 4. The van der Waals surface area contributed by atoms with E-state index in [1.807, 2.05) is 50.2 Å². The lowest BCUT2D eigenvalue weighted by Crippen LogP contribution is -2.21. The number of carbonyl (C=O) groups is 1. The number of carbonyl (C=O) groups excluding carboxylic acids is 1. The average Bonchev–Trinajstić information content (AvgIpc) is 2.59. The Morgan fingerprint density at radius 3 is 2.22 bits per heavy atom. The third-order valence-corrected chi connectivity index (χ3v) is 3.46. The molecule has 2 atom stereocenters. The van der Waals surface area contributed by atoms with E-state index in [0.717, 1.165) is 12.0 Å². The number of rotatable bonds is 7. The van der Waals surface area contributed by atoms with Gasteiger partial charge in [-0.2, -0.15) is 0 Å². The fourth-order valence-electron chi connectivity index (χ4n) is 1.96. The van der Waals surface area contributed by atoms with Crippen molar-refractivity contribution in [1.82, 2.24) is 0 Å². The van der Waals surface area contributed by atoms with Gasteiger partial charge in [0.2, 0.25) is 0 Å². The molecule has 0 amide bonds. The van der Waals surface area contributed by atoms with Crippen LogP contribution in [0.4, 0.5) is 4.79 Å². The van der Waals surface area contributed by atoms with Crippen LogP contribution in [0, 0.1) is 0 Å². The molecule has 2 unspecified atom stereocenters. The Morgan fingerprint density at radius 1 is 1.00 bits per heavy atom. The fourth-order valence-corrected chi connectivity index (χ4v) is 1.96. The highest BCUT2D eigenvalue weighted by molar-refractivity contribution is 5.64. The van der Waals surface area contributed by atoms with Crippen molar-refractivity contribution < 1.29 is 19.0 Å². The Bertz CT molecular complexity index is 583. The molecule has 4 nitrogen and oxygen atoms in total. The molecule has 0 radical (unpaired) electrons. The number of ether oxygens (including phenoxy) is 3. The first-order valence-electron chi connectivity index (χ1n) is 7.79. The predicted octanol–water partition coefficient (Wildman–Crippen LogP) is 4.76. The van der Waals surface area contributed by atoms with Gasteiger partial charge in [0.05, 0.1) is 12.7 Å².